The third-order valence-electron chi connectivity index (χ3n) is 1.87. The minimum absolute atomic E-state index is 0.205. The summed E-state index contributed by atoms with van der Waals surface area (Å²) in [4.78, 5) is 10.7. The van der Waals surface area contributed by atoms with Crippen molar-refractivity contribution in [1.82, 2.24) is 0 Å². The second-order valence-electron chi connectivity index (χ2n) is 3.26. The van der Waals surface area contributed by atoms with Gasteiger partial charge in [-0.1, -0.05) is 11.6 Å². The molecule has 10 heteroatoms. The molecule has 0 saturated carbocycles. The number of benzene rings is 1. The van der Waals surface area contributed by atoms with Crippen LogP contribution in [0.25, 0.3) is 0 Å². The Kier molecular flexibility index (Phi) is 4.40. The maximum Gasteiger partial charge on any atom is 0.471 e. The predicted molar refractivity (Wildman–Crippen MR) is 58.8 cm³/mol. The molecule has 0 aromatic heterocycles. The molecular formula is C9H3BrClF6NO. The van der Waals surface area contributed by atoms with Crippen LogP contribution < -0.4 is 5.32 Å². The zero-order valence-electron chi connectivity index (χ0n) is 8.59. The molecule has 1 rings (SSSR count). The maximum absolute atomic E-state index is 12.5. The molecule has 1 amide bonds. The zero-order chi connectivity index (χ0) is 15.0. The molecule has 0 unspecified atom stereocenters. The van der Waals surface area contributed by atoms with Gasteiger partial charge >= 0.3 is 18.3 Å². The highest BCUT2D eigenvalue weighted by Crippen LogP contribution is 2.39. The largest absolute Gasteiger partial charge is 0.471 e. The Hall–Kier alpha value is -0.960. The van der Waals surface area contributed by atoms with Crippen LogP contribution in [0.4, 0.5) is 32.0 Å². The van der Waals surface area contributed by atoms with Crippen LogP contribution in [-0.4, -0.2) is 12.1 Å². The Bertz CT molecular complexity index is 513. The molecule has 1 aromatic carbocycles. The molecule has 0 fully saturated rings. The summed E-state index contributed by atoms with van der Waals surface area (Å²) in [5.74, 6) is -2.39. The first-order chi connectivity index (χ1) is 8.43. The van der Waals surface area contributed by atoms with Crippen molar-refractivity contribution in [2.45, 2.75) is 12.4 Å². The Morgan fingerprint density at radius 3 is 2.11 bits per heavy atom. The Morgan fingerprint density at radius 2 is 1.68 bits per heavy atom. The third-order valence-corrected chi connectivity index (χ3v) is 2.84. The summed E-state index contributed by atoms with van der Waals surface area (Å²) in [6.45, 7) is 0. The van der Waals surface area contributed by atoms with Crippen molar-refractivity contribution < 1.29 is 31.1 Å². The van der Waals surface area contributed by atoms with Crippen LogP contribution in [0.5, 0.6) is 0 Å². The molecular weight excluding hydrogens is 367 g/mol. The summed E-state index contributed by atoms with van der Waals surface area (Å²) < 4.78 is 73.3. The number of anilines is 1. The maximum atomic E-state index is 12.5. The number of carbonyl (C=O) groups excluding carboxylic acids is 1. The summed E-state index contributed by atoms with van der Waals surface area (Å²) in [6, 6.07) is 1.06. The van der Waals surface area contributed by atoms with E-state index in [2.05, 4.69) is 15.9 Å². The van der Waals surface area contributed by atoms with E-state index in [1.165, 1.54) is 5.32 Å². The second-order valence-corrected chi connectivity index (χ2v) is 4.52. The van der Waals surface area contributed by atoms with Gasteiger partial charge in [0.1, 0.15) is 0 Å². The van der Waals surface area contributed by atoms with E-state index in [1.54, 1.807) is 0 Å². The number of rotatable bonds is 1. The van der Waals surface area contributed by atoms with Gasteiger partial charge in [0.05, 0.1) is 16.3 Å². The second kappa shape index (κ2) is 5.20. The first-order valence-corrected chi connectivity index (χ1v) is 5.54. The summed E-state index contributed by atoms with van der Waals surface area (Å²) in [7, 11) is 0. The Labute approximate surface area is 115 Å². The number of hydrogen-bond acceptors (Lipinski definition) is 1. The molecule has 0 spiro atoms. The van der Waals surface area contributed by atoms with Crippen molar-refractivity contribution in [3.8, 4) is 0 Å². The van der Waals surface area contributed by atoms with Gasteiger partial charge in [-0.3, -0.25) is 4.79 Å². The molecule has 0 aliphatic heterocycles. The van der Waals surface area contributed by atoms with Crippen LogP contribution in [-0.2, 0) is 11.0 Å². The Balaban J connectivity index is 3.20. The lowest BCUT2D eigenvalue weighted by Crippen LogP contribution is -2.30. The fourth-order valence-corrected chi connectivity index (χ4v) is 1.90. The van der Waals surface area contributed by atoms with Crippen molar-refractivity contribution in [2.24, 2.45) is 0 Å². The van der Waals surface area contributed by atoms with E-state index in [4.69, 9.17) is 11.6 Å². The number of hydrogen-bond donors (Lipinski definition) is 1. The topological polar surface area (TPSA) is 29.1 Å². The van der Waals surface area contributed by atoms with Gasteiger partial charge in [0.15, 0.2) is 0 Å². The lowest BCUT2D eigenvalue weighted by atomic mass is 10.2. The predicted octanol–water partition coefficient (Wildman–Crippen LogP) is 4.62. The Morgan fingerprint density at radius 1 is 1.16 bits per heavy atom. The minimum atomic E-state index is -5.21. The van der Waals surface area contributed by atoms with Crippen molar-refractivity contribution in [2.75, 3.05) is 5.32 Å². The summed E-state index contributed by atoms with van der Waals surface area (Å²) in [6.07, 6.45) is -10.1. The molecule has 0 saturated heterocycles. The first kappa shape index (κ1) is 16.1. The normalized spacial score (nSPS) is 12.4. The SMILES string of the molecule is O=C(Nc1cc(C(F)(F)F)c(Cl)cc1Br)C(F)(F)F. The number of halogens is 8. The highest BCUT2D eigenvalue weighted by atomic mass is 79.9. The lowest BCUT2D eigenvalue weighted by Gasteiger charge is -2.14. The van der Waals surface area contributed by atoms with Crippen LogP contribution >= 0.6 is 27.5 Å². The van der Waals surface area contributed by atoms with Crippen LogP contribution in [0.3, 0.4) is 0 Å². The lowest BCUT2D eigenvalue weighted by molar-refractivity contribution is -0.167. The van der Waals surface area contributed by atoms with Gasteiger partial charge in [0, 0.05) is 4.47 Å². The molecule has 19 heavy (non-hydrogen) atoms. The van der Waals surface area contributed by atoms with Crippen LogP contribution in [0.15, 0.2) is 16.6 Å². The molecule has 0 aliphatic carbocycles. The zero-order valence-corrected chi connectivity index (χ0v) is 10.9. The highest BCUT2D eigenvalue weighted by molar-refractivity contribution is 9.10. The molecule has 0 bridgehead atoms. The van der Waals surface area contributed by atoms with Crippen LogP contribution in [0, 0.1) is 0 Å². The molecule has 0 aliphatic rings. The quantitative estimate of drug-likeness (QED) is 0.718. The van der Waals surface area contributed by atoms with Gasteiger partial charge in [-0.15, -0.1) is 0 Å². The smallest absolute Gasteiger partial charge is 0.317 e. The summed E-state index contributed by atoms with van der Waals surface area (Å²) in [5, 5.41) is 0.616. The number of amides is 1. The van der Waals surface area contributed by atoms with E-state index in [0.29, 0.717) is 6.07 Å². The number of nitrogens with one attached hydrogen (secondary N) is 1. The number of carbonyl (C=O) groups is 1. The van der Waals surface area contributed by atoms with Crippen LogP contribution in [0.2, 0.25) is 5.02 Å². The van der Waals surface area contributed by atoms with Gasteiger partial charge in [-0.25, -0.2) is 0 Å². The van der Waals surface area contributed by atoms with E-state index in [1.807, 2.05) is 0 Å². The average Bonchev–Trinajstić information content (AvgIpc) is 2.18. The van der Waals surface area contributed by atoms with E-state index in [9.17, 15) is 31.1 Å². The number of alkyl halides is 6. The monoisotopic (exact) mass is 369 g/mol. The van der Waals surface area contributed by atoms with Crippen molar-refractivity contribution in [1.29, 1.82) is 0 Å². The minimum Gasteiger partial charge on any atom is -0.317 e. The van der Waals surface area contributed by atoms with Crippen molar-refractivity contribution >= 4 is 39.1 Å². The third kappa shape index (κ3) is 4.00. The van der Waals surface area contributed by atoms with Gasteiger partial charge in [-0.2, -0.15) is 26.3 Å². The molecule has 1 aromatic rings. The first-order valence-electron chi connectivity index (χ1n) is 4.37. The van der Waals surface area contributed by atoms with E-state index < -0.39 is 34.5 Å². The van der Waals surface area contributed by atoms with E-state index in [-0.39, 0.29) is 4.47 Å². The van der Waals surface area contributed by atoms with Gasteiger partial charge in [-0.05, 0) is 28.1 Å². The fourth-order valence-electron chi connectivity index (χ4n) is 1.06. The van der Waals surface area contributed by atoms with Crippen molar-refractivity contribution in [3.63, 3.8) is 0 Å². The molecule has 0 atom stereocenters. The van der Waals surface area contributed by atoms with Gasteiger partial charge in [0.2, 0.25) is 0 Å². The summed E-state index contributed by atoms with van der Waals surface area (Å²) in [5.41, 5.74) is -2.03. The fraction of sp³-hybridized carbons (Fsp3) is 0.222. The highest BCUT2D eigenvalue weighted by Gasteiger charge is 2.40. The molecule has 0 heterocycles. The molecule has 1 N–H and O–H groups in total. The van der Waals surface area contributed by atoms with Crippen molar-refractivity contribution in [3.05, 3.63) is 27.2 Å². The average molecular weight is 370 g/mol. The van der Waals surface area contributed by atoms with E-state index >= 15 is 0 Å². The molecule has 0 radical (unpaired) electrons. The molecule has 2 nitrogen and oxygen atoms in total. The van der Waals surface area contributed by atoms with Crippen LogP contribution in [0.1, 0.15) is 5.56 Å². The van der Waals surface area contributed by atoms with E-state index in [0.717, 1.165) is 6.07 Å². The van der Waals surface area contributed by atoms with Gasteiger partial charge < -0.3 is 5.32 Å². The summed E-state index contributed by atoms with van der Waals surface area (Å²) >= 11 is 8.04. The standard InChI is InChI=1S/C9H3BrClF6NO/c10-4-2-5(11)3(8(12,13)14)1-6(4)18-7(19)9(15,16)17/h1-2H,(H,18,19). The van der Waals surface area contributed by atoms with Gasteiger partial charge in [0.25, 0.3) is 0 Å². The molecule has 106 valence electrons.